The normalized spacial score (nSPS) is 22.4. The zero-order valence-electron chi connectivity index (χ0n) is 23.6. The van der Waals surface area contributed by atoms with Crippen LogP contribution >= 0.6 is 0 Å². The van der Waals surface area contributed by atoms with Gasteiger partial charge in [-0.2, -0.15) is 0 Å². The second kappa shape index (κ2) is 10.7. The Morgan fingerprint density at radius 2 is 1.68 bits per heavy atom. The molecule has 0 aromatic heterocycles. The minimum absolute atomic E-state index is 0.00520. The molecule has 1 fully saturated rings. The van der Waals surface area contributed by atoms with Crippen LogP contribution in [-0.4, -0.2) is 45.7 Å². The number of aryl methyl sites for hydroxylation is 1. The Hall–Kier alpha value is -1.95. The molecule has 2 aromatic rings. The first kappa shape index (κ1) is 26.6. The number of fused-ring (bicyclic) bond motifs is 3. The number of benzene rings is 2. The quantitative estimate of drug-likeness (QED) is 0.402. The molecule has 1 saturated heterocycles. The summed E-state index contributed by atoms with van der Waals surface area (Å²) < 4.78 is 6.58. The van der Waals surface area contributed by atoms with Gasteiger partial charge in [0.05, 0.1) is 5.92 Å². The average molecular weight is 519 g/mol. The van der Waals surface area contributed by atoms with Crippen LogP contribution in [0.4, 0.5) is 5.69 Å². The minimum Gasteiger partial charge on any atom is -0.400 e. The van der Waals surface area contributed by atoms with Crippen molar-refractivity contribution < 1.29 is 9.22 Å². The van der Waals surface area contributed by atoms with E-state index in [-0.39, 0.29) is 23.5 Å². The van der Waals surface area contributed by atoms with E-state index in [0.717, 1.165) is 44.6 Å². The smallest absolute Gasteiger partial charge is 0.233 e. The van der Waals surface area contributed by atoms with Crippen LogP contribution in [0, 0.1) is 11.3 Å². The molecule has 200 valence electrons. The van der Waals surface area contributed by atoms with Crippen molar-refractivity contribution in [1.82, 2.24) is 4.90 Å². The Bertz CT molecular complexity index is 1100. The summed E-state index contributed by atoms with van der Waals surface area (Å²) in [6.07, 6.45) is 7.51. The summed E-state index contributed by atoms with van der Waals surface area (Å²) in [6, 6.07) is 17.6. The molecule has 1 aliphatic carbocycles. The first-order chi connectivity index (χ1) is 17.7. The van der Waals surface area contributed by atoms with Crippen LogP contribution in [0.2, 0.25) is 13.1 Å². The molecule has 2 unspecified atom stereocenters. The van der Waals surface area contributed by atoms with Crippen molar-refractivity contribution in [2.24, 2.45) is 11.3 Å². The van der Waals surface area contributed by atoms with E-state index in [0.29, 0.717) is 5.41 Å². The van der Waals surface area contributed by atoms with Crippen molar-refractivity contribution in [2.75, 3.05) is 24.5 Å². The van der Waals surface area contributed by atoms with E-state index in [1.165, 1.54) is 31.2 Å². The van der Waals surface area contributed by atoms with Gasteiger partial charge < -0.3 is 9.33 Å². The lowest BCUT2D eigenvalue weighted by Gasteiger charge is -2.44. The summed E-state index contributed by atoms with van der Waals surface area (Å²) in [4.78, 5) is 18.8. The van der Waals surface area contributed by atoms with E-state index >= 15 is 0 Å². The average Bonchev–Trinajstić information content (AvgIpc) is 3.21. The van der Waals surface area contributed by atoms with Crippen molar-refractivity contribution in [3.05, 3.63) is 65.2 Å². The Labute approximate surface area is 226 Å². The molecule has 2 heterocycles. The molecule has 0 N–H and O–H groups in total. The van der Waals surface area contributed by atoms with Gasteiger partial charge in [-0.05, 0) is 105 Å². The first-order valence-corrected chi connectivity index (χ1v) is 17.3. The third-order valence-electron chi connectivity index (χ3n) is 8.92. The molecular formula is C32H46N2O2Si. The summed E-state index contributed by atoms with van der Waals surface area (Å²) in [5.41, 5.74) is 6.08. The molecule has 0 bridgehead atoms. The summed E-state index contributed by atoms with van der Waals surface area (Å²) in [5.74, 6) is 0.258. The van der Waals surface area contributed by atoms with Gasteiger partial charge in [0, 0.05) is 12.2 Å². The number of amides is 1. The van der Waals surface area contributed by atoms with Gasteiger partial charge in [0.25, 0.3) is 0 Å². The number of anilines is 1. The Kier molecular flexibility index (Phi) is 7.68. The fraction of sp³-hybridized carbons (Fsp3) is 0.594. The standard InChI is InChI=1S/C32H46N2O2Si/c1-31(2,3)16-15-29(36-37(4)5)34-28-13-9-7-11-25(28)22-26(30(34)35)23-33-20-18-32(19-21-33)17-14-24-10-6-8-12-27(24)32/h6-13,26,29,37H,14-23H2,1-5H3. The highest BCUT2D eigenvalue weighted by atomic mass is 28.3. The van der Waals surface area contributed by atoms with Gasteiger partial charge in [0.1, 0.15) is 6.23 Å². The van der Waals surface area contributed by atoms with Crippen LogP contribution in [-0.2, 0) is 27.5 Å². The fourth-order valence-electron chi connectivity index (χ4n) is 6.91. The van der Waals surface area contributed by atoms with Gasteiger partial charge in [-0.25, -0.2) is 0 Å². The summed E-state index contributed by atoms with van der Waals surface area (Å²) >= 11 is 0. The molecule has 1 amide bonds. The molecule has 2 atom stereocenters. The van der Waals surface area contributed by atoms with Crippen molar-refractivity contribution in [3.8, 4) is 0 Å². The number of rotatable bonds is 7. The van der Waals surface area contributed by atoms with Crippen molar-refractivity contribution >= 4 is 20.6 Å². The van der Waals surface area contributed by atoms with Crippen LogP contribution in [0.15, 0.2) is 48.5 Å². The molecule has 2 aliphatic heterocycles. The van der Waals surface area contributed by atoms with Crippen LogP contribution in [0.1, 0.15) is 69.6 Å². The van der Waals surface area contributed by atoms with E-state index < -0.39 is 9.04 Å². The predicted octanol–water partition coefficient (Wildman–Crippen LogP) is 6.32. The lowest BCUT2D eigenvalue weighted by atomic mass is 9.73. The molecule has 0 saturated carbocycles. The highest BCUT2D eigenvalue weighted by molar-refractivity contribution is 6.48. The molecule has 37 heavy (non-hydrogen) atoms. The van der Waals surface area contributed by atoms with Gasteiger partial charge >= 0.3 is 0 Å². The SMILES string of the molecule is C[SiH](C)OC(CCC(C)(C)C)N1C(=O)C(CN2CCC3(CCc4ccccc43)CC2)Cc2ccccc21. The van der Waals surface area contributed by atoms with Gasteiger partial charge in [-0.1, -0.05) is 63.2 Å². The molecule has 4 nitrogen and oxygen atoms in total. The molecular weight excluding hydrogens is 472 g/mol. The second-order valence-corrected chi connectivity index (χ2v) is 15.6. The third kappa shape index (κ3) is 5.74. The highest BCUT2D eigenvalue weighted by Crippen LogP contribution is 2.46. The Balaban J connectivity index is 1.32. The number of nitrogens with zero attached hydrogens (tertiary/aromatic N) is 2. The maximum atomic E-state index is 14.2. The van der Waals surface area contributed by atoms with Crippen molar-refractivity contribution in [1.29, 1.82) is 0 Å². The van der Waals surface area contributed by atoms with Crippen LogP contribution < -0.4 is 4.90 Å². The number of likely N-dealkylation sites (tertiary alicyclic amines) is 1. The number of carbonyl (C=O) groups excluding carboxylic acids is 1. The van der Waals surface area contributed by atoms with E-state index in [1.807, 2.05) is 0 Å². The Morgan fingerprint density at radius 3 is 2.38 bits per heavy atom. The largest absolute Gasteiger partial charge is 0.400 e. The number of para-hydroxylation sites is 1. The third-order valence-corrected chi connectivity index (χ3v) is 9.77. The monoisotopic (exact) mass is 518 g/mol. The zero-order chi connectivity index (χ0) is 26.2. The second-order valence-electron chi connectivity index (χ2n) is 13.2. The Morgan fingerprint density at radius 1 is 1.00 bits per heavy atom. The number of piperidine rings is 1. The molecule has 0 radical (unpaired) electrons. The minimum atomic E-state index is -1.33. The molecule has 3 aliphatic rings. The summed E-state index contributed by atoms with van der Waals surface area (Å²) in [6.45, 7) is 14.3. The first-order valence-electron chi connectivity index (χ1n) is 14.5. The van der Waals surface area contributed by atoms with Crippen molar-refractivity contribution in [2.45, 2.75) is 90.5 Å². The number of hydrogen-bond donors (Lipinski definition) is 0. The lowest BCUT2D eigenvalue weighted by Crippen LogP contribution is -2.53. The van der Waals surface area contributed by atoms with Gasteiger partial charge in [-0.15, -0.1) is 0 Å². The highest BCUT2D eigenvalue weighted by Gasteiger charge is 2.43. The summed E-state index contributed by atoms with van der Waals surface area (Å²) in [7, 11) is -1.33. The fourth-order valence-corrected chi connectivity index (χ4v) is 7.80. The summed E-state index contributed by atoms with van der Waals surface area (Å²) in [5, 5.41) is 0. The van der Waals surface area contributed by atoms with E-state index in [2.05, 4.69) is 92.2 Å². The van der Waals surface area contributed by atoms with Crippen molar-refractivity contribution in [3.63, 3.8) is 0 Å². The van der Waals surface area contributed by atoms with E-state index in [9.17, 15) is 4.79 Å². The lowest BCUT2D eigenvalue weighted by molar-refractivity contribution is -0.125. The zero-order valence-corrected chi connectivity index (χ0v) is 24.8. The molecule has 1 spiro atoms. The molecule has 5 heteroatoms. The van der Waals surface area contributed by atoms with Crippen LogP contribution in [0.25, 0.3) is 0 Å². The van der Waals surface area contributed by atoms with Crippen LogP contribution in [0.3, 0.4) is 0 Å². The number of hydrogen-bond acceptors (Lipinski definition) is 3. The van der Waals surface area contributed by atoms with E-state index in [1.54, 1.807) is 11.1 Å². The van der Waals surface area contributed by atoms with Crippen LogP contribution in [0.5, 0.6) is 0 Å². The number of carbonyl (C=O) groups is 1. The van der Waals surface area contributed by atoms with Gasteiger partial charge in [-0.3, -0.25) is 9.69 Å². The maximum Gasteiger partial charge on any atom is 0.233 e. The topological polar surface area (TPSA) is 32.8 Å². The maximum absolute atomic E-state index is 14.2. The predicted molar refractivity (Wildman–Crippen MR) is 156 cm³/mol. The van der Waals surface area contributed by atoms with Gasteiger partial charge in [0.15, 0.2) is 9.04 Å². The van der Waals surface area contributed by atoms with Gasteiger partial charge in [0.2, 0.25) is 5.91 Å². The van der Waals surface area contributed by atoms with E-state index in [4.69, 9.17) is 4.43 Å². The molecule has 2 aromatic carbocycles. The molecule has 5 rings (SSSR count).